The highest BCUT2D eigenvalue weighted by Gasteiger charge is 2.11. The number of nitrogen functional groups attached to an aromatic ring is 1. The zero-order valence-electron chi connectivity index (χ0n) is 10.9. The van der Waals surface area contributed by atoms with Crippen LogP contribution in [-0.4, -0.2) is 16.0 Å². The number of hydrogen-bond donors (Lipinski definition) is 2. The van der Waals surface area contributed by atoms with Crippen molar-refractivity contribution < 1.29 is 9.32 Å². The Labute approximate surface area is 111 Å². The Bertz CT molecular complexity index is 592. The van der Waals surface area contributed by atoms with Crippen molar-refractivity contribution in [3.63, 3.8) is 0 Å². The van der Waals surface area contributed by atoms with Crippen LogP contribution in [0.4, 0.5) is 11.6 Å². The summed E-state index contributed by atoms with van der Waals surface area (Å²) in [6, 6.07) is 4.93. The van der Waals surface area contributed by atoms with E-state index in [0.717, 1.165) is 18.5 Å². The molecule has 0 saturated heterocycles. The largest absolute Gasteiger partial charge is 0.384 e. The number of carbonyl (C=O) groups excluding carboxylic acids is 1. The van der Waals surface area contributed by atoms with Crippen LogP contribution in [0.25, 0.3) is 0 Å². The van der Waals surface area contributed by atoms with E-state index < -0.39 is 0 Å². The molecule has 0 aromatic carbocycles. The van der Waals surface area contributed by atoms with E-state index in [1.807, 2.05) is 6.92 Å². The van der Waals surface area contributed by atoms with Crippen LogP contribution in [0.15, 0.2) is 22.7 Å². The van der Waals surface area contributed by atoms with Gasteiger partial charge in [-0.15, -0.1) is 0 Å². The smallest absolute Gasteiger partial charge is 0.257 e. The summed E-state index contributed by atoms with van der Waals surface area (Å²) < 4.78 is 4.89. The van der Waals surface area contributed by atoms with E-state index in [9.17, 15) is 4.79 Å². The van der Waals surface area contributed by atoms with Gasteiger partial charge in [0.25, 0.3) is 5.91 Å². The molecule has 3 N–H and O–H groups in total. The number of pyridine rings is 1. The van der Waals surface area contributed by atoms with E-state index in [4.69, 9.17) is 10.3 Å². The van der Waals surface area contributed by atoms with Crippen molar-refractivity contribution in [2.75, 3.05) is 11.1 Å². The molecule has 0 atom stereocenters. The van der Waals surface area contributed by atoms with Gasteiger partial charge in [-0.05, 0) is 25.5 Å². The van der Waals surface area contributed by atoms with Crippen molar-refractivity contribution in [1.29, 1.82) is 0 Å². The summed E-state index contributed by atoms with van der Waals surface area (Å²) in [7, 11) is 0. The number of hydrogen-bond acceptors (Lipinski definition) is 5. The second kappa shape index (κ2) is 5.51. The van der Waals surface area contributed by atoms with Gasteiger partial charge >= 0.3 is 0 Å². The molecule has 0 bridgehead atoms. The Hall–Kier alpha value is -2.37. The summed E-state index contributed by atoms with van der Waals surface area (Å²) in [6.45, 7) is 3.80. The van der Waals surface area contributed by atoms with Gasteiger partial charge < -0.3 is 15.6 Å². The monoisotopic (exact) mass is 260 g/mol. The summed E-state index contributed by atoms with van der Waals surface area (Å²) >= 11 is 0. The van der Waals surface area contributed by atoms with E-state index >= 15 is 0 Å². The number of aromatic nitrogens is 2. The Morgan fingerprint density at radius 3 is 2.84 bits per heavy atom. The fraction of sp³-hybridized carbons (Fsp3) is 0.308. The average Bonchev–Trinajstić information content (AvgIpc) is 2.74. The summed E-state index contributed by atoms with van der Waals surface area (Å²) in [5.74, 6) is 1.08. The van der Waals surface area contributed by atoms with Crippen LogP contribution in [-0.2, 0) is 6.42 Å². The topological polar surface area (TPSA) is 94.0 Å². The quantitative estimate of drug-likeness (QED) is 0.878. The van der Waals surface area contributed by atoms with Gasteiger partial charge in [0.05, 0.1) is 0 Å². The lowest BCUT2D eigenvalue weighted by molar-refractivity contribution is 0.102. The molecule has 6 nitrogen and oxygen atoms in total. The molecule has 0 radical (unpaired) electrons. The molecule has 0 spiro atoms. The number of rotatable bonds is 4. The third-order valence-electron chi connectivity index (χ3n) is 2.54. The number of carbonyl (C=O) groups is 1. The highest BCUT2D eigenvalue weighted by Crippen LogP contribution is 2.13. The molecule has 19 heavy (non-hydrogen) atoms. The SMILES string of the molecule is CCCc1cc(C(=O)Nc2cc(C)on2)cc(N)n1. The molecule has 0 aliphatic heterocycles. The van der Waals surface area contributed by atoms with E-state index in [1.54, 1.807) is 25.1 Å². The normalized spacial score (nSPS) is 10.4. The molecule has 100 valence electrons. The lowest BCUT2D eigenvalue weighted by atomic mass is 10.1. The summed E-state index contributed by atoms with van der Waals surface area (Å²) in [4.78, 5) is 16.2. The van der Waals surface area contributed by atoms with Gasteiger partial charge in [0.2, 0.25) is 0 Å². The van der Waals surface area contributed by atoms with Crippen molar-refractivity contribution >= 4 is 17.5 Å². The third-order valence-corrected chi connectivity index (χ3v) is 2.54. The number of anilines is 2. The van der Waals surface area contributed by atoms with E-state index in [0.29, 0.717) is 23.0 Å². The molecule has 2 aromatic rings. The molecule has 6 heteroatoms. The maximum atomic E-state index is 12.1. The van der Waals surface area contributed by atoms with Gasteiger partial charge in [-0.2, -0.15) is 0 Å². The van der Waals surface area contributed by atoms with Crippen molar-refractivity contribution in [2.24, 2.45) is 0 Å². The van der Waals surface area contributed by atoms with Crippen molar-refractivity contribution in [2.45, 2.75) is 26.7 Å². The third kappa shape index (κ3) is 3.31. The first-order valence-corrected chi connectivity index (χ1v) is 6.09. The Balaban J connectivity index is 2.18. The van der Waals surface area contributed by atoms with Crippen molar-refractivity contribution in [3.8, 4) is 0 Å². The van der Waals surface area contributed by atoms with Crippen LogP contribution in [0.1, 0.15) is 35.2 Å². The second-order valence-electron chi connectivity index (χ2n) is 4.30. The molecule has 0 aliphatic carbocycles. The lowest BCUT2D eigenvalue weighted by Crippen LogP contribution is -2.13. The lowest BCUT2D eigenvalue weighted by Gasteiger charge is -2.05. The van der Waals surface area contributed by atoms with Crippen molar-refractivity contribution in [1.82, 2.24) is 10.1 Å². The minimum Gasteiger partial charge on any atom is -0.384 e. The van der Waals surface area contributed by atoms with Gasteiger partial charge in [0.1, 0.15) is 11.6 Å². The maximum Gasteiger partial charge on any atom is 0.257 e. The van der Waals surface area contributed by atoms with Crippen LogP contribution in [0.5, 0.6) is 0 Å². The first kappa shape index (κ1) is 13.1. The van der Waals surface area contributed by atoms with E-state index in [2.05, 4.69) is 15.5 Å². The molecule has 0 aliphatic rings. The van der Waals surface area contributed by atoms with Crippen LogP contribution in [0, 0.1) is 6.92 Å². The highest BCUT2D eigenvalue weighted by molar-refractivity contribution is 6.04. The standard InChI is InChI=1S/C13H16N4O2/c1-3-4-10-6-9(7-11(14)15-10)13(18)16-12-5-8(2)19-17-12/h5-7H,3-4H2,1-2H3,(H2,14,15)(H,16,17,18). The minimum atomic E-state index is -0.278. The molecule has 0 unspecified atom stereocenters. The number of aryl methyl sites for hydroxylation is 2. The average molecular weight is 260 g/mol. The molecule has 0 saturated carbocycles. The van der Waals surface area contributed by atoms with Gasteiger partial charge in [-0.25, -0.2) is 4.98 Å². The molecule has 2 heterocycles. The molecule has 0 fully saturated rings. The highest BCUT2D eigenvalue weighted by atomic mass is 16.5. The van der Waals surface area contributed by atoms with Crippen LogP contribution in [0.3, 0.4) is 0 Å². The van der Waals surface area contributed by atoms with Gasteiger partial charge in [0.15, 0.2) is 5.82 Å². The number of nitrogens with one attached hydrogen (secondary N) is 1. The first-order chi connectivity index (χ1) is 9.08. The van der Waals surface area contributed by atoms with Gasteiger partial charge in [-0.3, -0.25) is 4.79 Å². The van der Waals surface area contributed by atoms with Gasteiger partial charge in [-0.1, -0.05) is 18.5 Å². The van der Waals surface area contributed by atoms with Crippen molar-refractivity contribution in [3.05, 3.63) is 35.2 Å². The summed E-state index contributed by atoms with van der Waals surface area (Å²) in [5.41, 5.74) is 6.98. The predicted molar refractivity (Wildman–Crippen MR) is 71.8 cm³/mol. The number of amides is 1. The maximum absolute atomic E-state index is 12.1. The molecule has 1 amide bonds. The fourth-order valence-electron chi connectivity index (χ4n) is 1.74. The summed E-state index contributed by atoms with van der Waals surface area (Å²) in [6.07, 6.45) is 1.73. The second-order valence-corrected chi connectivity index (χ2v) is 4.30. The molecule has 2 rings (SSSR count). The Morgan fingerprint density at radius 1 is 1.42 bits per heavy atom. The minimum absolute atomic E-state index is 0.278. The zero-order valence-corrected chi connectivity index (χ0v) is 10.9. The Morgan fingerprint density at radius 2 is 2.21 bits per heavy atom. The van der Waals surface area contributed by atoms with Gasteiger partial charge in [0, 0.05) is 17.3 Å². The number of nitrogens with zero attached hydrogens (tertiary/aromatic N) is 2. The molecular weight excluding hydrogens is 244 g/mol. The van der Waals surface area contributed by atoms with Crippen LogP contribution in [0.2, 0.25) is 0 Å². The molecular formula is C13H16N4O2. The summed E-state index contributed by atoms with van der Waals surface area (Å²) in [5, 5.41) is 6.36. The predicted octanol–water partition coefficient (Wildman–Crippen LogP) is 2.17. The fourth-order valence-corrected chi connectivity index (χ4v) is 1.74. The van der Waals surface area contributed by atoms with Crippen LogP contribution >= 0.6 is 0 Å². The molecule has 2 aromatic heterocycles. The number of nitrogens with two attached hydrogens (primary N) is 1. The Kier molecular flexibility index (Phi) is 3.79. The van der Waals surface area contributed by atoms with E-state index in [1.165, 1.54) is 0 Å². The first-order valence-electron chi connectivity index (χ1n) is 6.09. The van der Waals surface area contributed by atoms with Crippen LogP contribution < -0.4 is 11.1 Å². The van der Waals surface area contributed by atoms with E-state index in [-0.39, 0.29) is 5.91 Å². The zero-order chi connectivity index (χ0) is 13.8.